The zero-order valence-electron chi connectivity index (χ0n) is 10.0. The minimum Gasteiger partial charge on any atom is -0.273 e. The third kappa shape index (κ3) is 2.88. The first kappa shape index (κ1) is 12.2. The second kappa shape index (κ2) is 5.85. The van der Waals surface area contributed by atoms with Crippen molar-refractivity contribution in [3.63, 3.8) is 0 Å². The molecule has 1 aliphatic carbocycles. The number of aryl methyl sites for hydroxylation is 1. The molecule has 0 N–H and O–H groups in total. The first-order valence-corrected chi connectivity index (χ1v) is 7.53. The maximum atomic E-state index is 4.35. The summed E-state index contributed by atoms with van der Waals surface area (Å²) in [4.78, 5) is 0. The van der Waals surface area contributed by atoms with Crippen LogP contribution in [0, 0.1) is 11.8 Å². The zero-order chi connectivity index (χ0) is 11.4. The highest BCUT2D eigenvalue weighted by Crippen LogP contribution is 2.34. The van der Waals surface area contributed by atoms with E-state index in [4.69, 9.17) is 0 Å². The molecule has 1 heterocycles. The van der Waals surface area contributed by atoms with Crippen LogP contribution in [0.2, 0.25) is 0 Å². The normalized spacial score (nSPS) is 19.1. The molecule has 0 amide bonds. The van der Waals surface area contributed by atoms with E-state index in [2.05, 4.69) is 34.1 Å². The van der Waals surface area contributed by atoms with Crippen molar-refractivity contribution in [2.75, 3.05) is 5.33 Å². The first-order valence-electron chi connectivity index (χ1n) is 6.40. The van der Waals surface area contributed by atoms with Gasteiger partial charge in [0, 0.05) is 18.1 Å². The second-order valence-electron chi connectivity index (χ2n) is 4.87. The monoisotopic (exact) mass is 284 g/mol. The molecule has 1 unspecified atom stereocenters. The Bertz CT molecular complexity index is 315. The van der Waals surface area contributed by atoms with E-state index in [1.165, 1.54) is 37.7 Å². The third-order valence-corrected chi connectivity index (χ3v) is 4.60. The highest BCUT2D eigenvalue weighted by atomic mass is 79.9. The lowest BCUT2D eigenvalue weighted by molar-refractivity contribution is 0.373. The quantitative estimate of drug-likeness (QED) is 0.755. The molecule has 1 atom stereocenters. The molecule has 0 aromatic carbocycles. The van der Waals surface area contributed by atoms with E-state index in [-0.39, 0.29) is 0 Å². The molecule has 3 heteroatoms. The Hall–Kier alpha value is -0.310. The number of nitrogens with zero attached hydrogens (tertiary/aromatic N) is 2. The maximum absolute atomic E-state index is 4.35. The summed E-state index contributed by atoms with van der Waals surface area (Å²) in [7, 11) is 0. The Morgan fingerprint density at radius 3 is 2.81 bits per heavy atom. The van der Waals surface area contributed by atoms with Crippen molar-refractivity contribution in [2.24, 2.45) is 11.8 Å². The van der Waals surface area contributed by atoms with Crippen LogP contribution >= 0.6 is 15.9 Å². The lowest BCUT2D eigenvalue weighted by Gasteiger charge is -2.20. The van der Waals surface area contributed by atoms with Gasteiger partial charge in [0.25, 0.3) is 0 Å². The maximum Gasteiger partial charge on any atom is 0.0521 e. The van der Waals surface area contributed by atoms with E-state index < -0.39 is 0 Å². The van der Waals surface area contributed by atoms with Gasteiger partial charge in [-0.25, -0.2) is 0 Å². The van der Waals surface area contributed by atoms with E-state index in [1.807, 2.05) is 10.9 Å². The van der Waals surface area contributed by atoms with Gasteiger partial charge in [-0.3, -0.25) is 4.68 Å². The summed E-state index contributed by atoms with van der Waals surface area (Å²) < 4.78 is 2.02. The number of rotatable bonds is 5. The molecule has 2 nitrogen and oxygen atoms in total. The van der Waals surface area contributed by atoms with E-state index >= 15 is 0 Å². The number of hydrogen-bond donors (Lipinski definition) is 0. The molecule has 0 radical (unpaired) electrons. The van der Waals surface area contributed by atoms with Crippen molar-refractivity contribution in [1.82, 2.24) is 9.78 Å². The Morgan fingerprint density at radius 1 is 1.50 bits per heavy atom. The van der Waals surface area contributed by atoms with Crippen LogP contribution < -0.4 is 0 Å². The molecule has 1 aromatic heterocycles. The summed E-state index contributed by atoms with van der Waals surface area (Å²) in [6.07, 6.45) is 11.1. The van der Waals surface area contributed by atoms with Crippen LogP contribution in [0.5, 0.6) is 0 Å². The van der Waals surface area contributed by atoms with Gasteiger partial charge in [0.15, 0.2) is 0 Å². The Balaban J connectivity index is 1.94. The van der Waals surface area contributed by atoms with Crippen LogP contribution in [0.15, 0.2) is 12.4 Å². The molecule has 0 bridgehead atoms. The average Bonchev–Trinajstić information content (AvgIpc) is 2.96. The fraction of sp³-hybridized carbons (Fsp3) is 0.769. The molecule has 2 rings (SSSR count). The summed E-state index contributed by atoms with van der Waals surface area (Å²) in [5, 5.41) is 5.48. The van der Waals surface area contributed by atoms with Crippen LogP contribution in [-0.4, -0.2) is 15.1 Å². The molecule has 0 spiro atoms. The molecule has 16 heavy (non-hydrogen) atoms. The van der Waals surface area contributed by atoms with Gasteiger partial charge in [-0.05, 0) is 30.7 Å². The largest absolute Gasteiger partial charge is 0.273 e. The zero-order valence-corrected chi connectivity index (χ0v) is 11.6. The van der Waals surface area contributed by atoms with Gasteiger partial charge in [0.2, 0.25) is 0 Å². The van der Waals surface area contributed by atoms with Gasteiger partial charge < -0.3 is 0 Å². The third-order valence-electron chi connectivity index (χ3n) is 3.77. The highest BCUT2D eigenvalue weighted by Gasteiger charge is 2.24. The highest BCUT2D eigenvalue weighted by molar-refractivity contribution is 9.09. The smallest absolute Gasteiger partial charge is 0.0521 e. The van der Waals surface area contributed by atoms with Crippen molar-refractivity contribution in [1.29, 1.82) is 0 Å². The first-order chi connectivity index (χ1) is 7.83. The fourth-order valence-electron chi connectivity index (χ4n) is 2.76. The van der Waals surface area contributed by atoms with E-state index in [9.17, 15) is 0 Å². The van der Waals surface area contributed by atoms with Gasteiger partial charge in [-0.15, -0.1) is 0 Å². The predicted octanol–water partition coefficient (Wildman–Crippen LogP) is 3.65. The van der Waals surface area contributed by atoms with Crippen molar-refractivity contribution in [2.45, 2.75) is 45.6 Å². The molecule has 1 aliphatic rings. The standard InChI is InChI=1S/C13H21BrN2/c1-2-16-10-11(9-15-16)7-13(8-14)12-5-3-4-6-12/h9-10,12-13H,2-8H2,1H3. The SMILES string of the molecule is CCn1cc(CC(CBr)C2CCCC2)cn1. The summed E-state index contributed by atoms with van der Waals surface area (Å²) in [6.45, 7) is 3.11. The van der Waals surface area contributed by atoms with Gasteiger partial charge >= 0.3 is 0 Å². The minimum atomic E-state index is 0.803. The van der Waals surface area contributed by atoms with Gasteiger partial charge in [-0.1, -0.05) is 41.6 Å². The lowest BCUT2D eigenvalue weighted by Crippen LogP contribution is -2.15. The summed E-state index contributed by atoms with van der Waals surface area (Å²) in [5.41, 5.74) is 1.40. The molecular weight excluding hydrogens is 264 g/mol. The molecule has 1 fully saturated rings. The fourth-order valence-corrected chi connectivity index (χ4v) is 3.52. The van der Waals surface area contributed by atoms with Gasteiger partial charge in [-0.2, -0.15) is 5.10 Å². The summed E-state index contributed by atoms with van der Waals surface area (Å²) >= 11 is 3.68. The Labute approximate surface area is 107 Å². The second-order valence-corrected chi connectivity index (χ2v) is 5.51. The van der Waals surface area contributed by atoms with Gasteiger partial charge in [0.1, 0.15) is 0 Å². The number of halogens is 1. The number of aromatic nitrogens is 2. The molecule has 1 saturated carbocycles. The Kier molecular flexibility index (Phi) is 4.45. The lowest BCUT2D eigenvalue weighted by atomic mass is 9.88. The van der Waals surface area contributed by atoms with Crippen molar-refractivity contribution in [3.05, 3.63) is 18.0 Å². The van der Waals surface area contributed by atoms with Crippen LogP contribution in [-0.2, 0) is 13.0 Å². The molecule has 90 valence electrons. The van der Waals surface area contributed by atoms with Crippen LogP contribution in [0.4, 0.5) is 0 Å². The number of alkyl halides is 1. The minimum absolute atomic E-state index is 0.803. The van der Waals surface area contributed by atoms with Crippen LogP contribution in [0.25, 0.3) is 0 Å². The topological polar surface area (TPSA) is 17.8 Å². The number of hydrogen-bond acceptors (Lipinski definition) is 1. The Morgan fingerprint density at radius 2 is 2.25 bits per heavy atom. The van der Waals surface area contributed by atoms with Crippen molar-refractivity contribution in [3.8, 4) is 0 Å². The molecule has 1 aromatic rings. The summed E-state index contributed by atoms with van der Waals surface area (Å²) in [6, 6.07) is 0. The average molecular weight is 285 g/mol. The molecule has 0 aliphatic heterocycles. The predicted molar refractivity (Wildman–Crippen MR) is 70.8 cm³/mol. The van der Waals surface area contributed by atoms with Crippen LogP contribution in [0.3, 0.4) is 0 Å². The van der Waals surface area contributed by atoms with Crippen LogP contribution in [0.1, 0.15) is 38.2 Å². The van der Waals surface area contributed by atoms with E-state index in [0.717, 1.165) is 23.7 Å². The van der Waals surface area contributed by atoms with Crippen molar-refractivity contribution < 1.29 is 0 Å². The van der Waals surface area contributed by atoms with E-state index in [1.54, 1.807) is 0 Å². The molecular formula is C13H21BrN2. The molecule has 0 saturated heterocycles. The van der Waals surface area contributed by atoms with Gasteiger partial charge in [0.05, 0.1) is 6.20 Å². The van der Waals surface area contributed by atoms with E-state index in [0.29, 0.717) is 0 Å². The summed E-state index contributed by atoms with van der Waals surface area (Å²) in [5.74, 6) is 1.74. The van der Waals surface area contributed by atoms with Crippen molar-refractivity contribution >= 4 is 15.9 Å².